The van der Waals surface area contributed by atoms with Crippen LogP contribution in [0.1, 0.15) is 31.4 Å². The van der Waals surface area contributed by atoms with Crippen LogP contribution in [0.5, 0.6) is 5.75 Å². The lowest BCUT2D eigenvalue weighted by molar-refractivity contribution is -0.0506. The van der Waals surface area contributed by atoms with Gasteiger partial charge in [-0.1, -0.05) is 18.2 Å². The van der Waals surface area contributed by atoms with Gasteiger partial charge in [0.2, 0.25) is 0 Å². The molecule has 1 aliphatic heterocycles. The molecule has 0 spiro atoms. The molecule has 20 heavy (non-hydrogen) atoms. The number of likely N-dealkylation sites (tertiary alicyclic amines) is 1. The quantitative estimate of drug-likeness (QED) is 0.869. The Morgan fingerprint density at radius 1 is 1.40 bits per heavy atom. The molecule has 5 heteroatoms. The number of likely N-dealkylation sites (N-methyl/N-ethyl adjacent to an activating group) is 1. The SMILES string of the molecule is CC(NCC1CCCN1C)c1ccccc1OC(F)F. The predicted octanol–water partition coefficient (Wildman–Crippen LogP) is 3.03. The Balaban J connectivity index is 1.96. The van der Waals surface area contributed by atoms with E-state index in [1.807, 2.05) is 19.1 Å². The standard InChI is InChI=1S/C15H22F2N2O/c1-11(18-10-12-6-5-9-19(12)2)13-7-3-4-8-14(13)20-15(16)17/h3-4,7-8,11-12,15,18H,5-6,9-10H2,1-2H3. The molecule has 1 fully saturated rings. The minimum atomic E-state index is -2.79. The van der Waals surface area contributed by atoms with Gasteiger partial charge in [0.1, 0.15) is 5.75 Å². The summed E-state index contributed by atoms with van der Waals surface area (Å²) in [5.41, 5.74) is 0.772. The van der Waals surface area contributed by atoms with Crippen LogP contribution in [0.15, 0.2) is 24.3 Å². The number of nitrogens with one attached hydrogen (secondary N) is 1. The summed E-state index contributed by atoms with van der Waals surface area (Å²) in [5, 5.41) is 3.42. The molecule has 0 aliphatic carbocycles. The van der Waals surface area contributed by atoms with Crippen LogP contribution >= 0.6 is 0 Å². The van der Waals surface area contributed by atoms with Gasteiger partial charge in [-0.25, -0.2) is 0 Å². The molecule has 0 amide bonds. The number of rotatable bonds is 6. The van der Waals surface area contributed by atoms with Gasteiger partial charge in [0.05, 0.1) is 0 Å². The Bertz CT molecular complexity index is 428. The normalized spacial score (nSPS) is 21.4. The number of nitrogens with zero attached hydrogens (tertiary/aromatic N) is 1. The van der Waals surface area contributed by atoms with Crippen molar-refractivity contribution in [1.29, 1.82) is 0 Å². The molecule has 1 aromatic rings. The van der Waals surface area contributed by atoms with Crippen LogP contribution in [0.4, 0.5) is 8.78 Å². The lowest BCUT2D eigenvalue weighted by atomic mass is 10.1. The van der Waals surface area contributed by atoms with E-state index in [1.165, 1.54) is 12.8 Å². The molecule has 0 bridgehead atoms. The van der Waals surface area contributed by atoms with E-state index >= 15 is 0 Å². The molecule has 3 nitrogen and oxygen atoms in total. The first-order valence-electron chi connectivity index (χ1n) is 7.05. The summed E-state index contributed by atoms with van der Waals surface area (Å²) in [6, 6.07) is 7.47. The Labute approximate surface area is 118 Å². The summed E-state index contributed by atoms with van der Waals surface area (Å²) in [6.07, 6.45) is 2.41. The van der Waals surface area contributed by atoms with E-state index in [0.29, 0.717) is 6.04 Å². The summed E-state index contributed by atoms with van der Waals surface area (Å²) in [6.45, 7) is 1.18. The van der Waals surface area contributed by atoms with Crippen molar-refractivity contribution >= 4 is 0 Å². The fraction of sp³-hybridized carbons (Fsp3) is 0.600. The monoisotopic (exact) mass is 284 g/mol. The molecule has 0 radical (unpaired) electrons. The number of ether oxygens (including phenoxy) is 1. The van der Waals surface area contributed by atoms with E-state index in [-0.39, 0.29) is 11.8 Å². The molecule has 1 saturated heterocycles. The van der Waals surface area contributed by atoms with Crippen LogP contribution in [0.2, 0.25) is 0 Å². The molecule has 1 N–H and O–H groups in total. The molecule has 1 aromatic carbocycles. The van der Waals surface area contributed by atoms with Gasteiger partial charge in [-0.05, 0) is 39.4 Å². The molecular weight excluding hydrogens is 262 g/mol. The third-order valence-electron chi connectivity index (χ3n) is 3.93. The van der Waals surface area contributed by atoms with Gasteiger partial charge in [-0.3, -0.25) is 0 Å². The summed E-state index contributed by atoms with van der Waals surface area (Å²) >= 11 is 0. The van der Waals surface area contributed by atoms with Crippen LogP contribution in [-0.2, 0) is 0 Å². The Hall–Kier alpha value is -1.20. The second-order valence-corrected chi connectivity index (χ2v) is 5.32. The number of hydrogen-bond acceptors (Lipinski definition) is 3. The van der Waals surface area contributed by atoms with E-state index in [0.717, 1.165) is 18.7 Å². The van der Waals surface area contributed by atoms with Gasteiger partial charge in [0.25, 0.3) is 0 Å². The Morgan fingerprint density at radius 3 is 2.80 bits per heavy atom. The zero-order chi connectivity index (χ0) is 14.5. The maximum absolute atomic E-state index is 12.4. The number of halogens is 2. The molecular formula is C15H22F2N2O. The number of benzene rings is 1. The van der Waals surface area contributed by atoms with Crippen molar-refractivity contribution in [3.05, 3.63) is 29.8 Å². The van der Waals surface area contributed by atoms with Crippen LogP contribution in [0.3, 0.4) is 0 Å². The number of alkyl halides is 2. The molecule has 0 saturated carbocycles. The first-order chi connectivity index (χ1) is 9.58. The van der Waals surface area contributed by atoms with Crippen LogP contribution in [-0.4, -0.2) is 37.7 Å². The average Bonchev–Trinajstić information content (AvgIpc) is 2.81. The smallest absolute Gasteiger partial charge is 0.387 e. The highest BCUT2D eigenvalue weighted by Gasteiger charge is 2.22. The third kappa shape index (κ3) is 3.90. The zero-order valence-electron chi connectivity index (χ0n) is 12.0. The number of para-hydroxylation sites is 1. The van der Waals surface area contributed by atoms with Crippen molar-refractivity contribution in [3.63, 3.8) is 0 Å². The topological polar surface area (TPSA) is 24.5 Å². The van der Waals surface area contributed by atoms with Crippen molar-refractivity contribution in [1.82, 2.24) is 10.2 Å². The summed E-state index contributed by atoms with van der Waals surface area (Å²) < 4.78 is 29.4. The third-order valence-corrected chi connectivity index (χ3v) is 3.93. The lowest BCUT2D eigenvalue weighted by Crippen LogP contribution is -2.36. The summed E-state index contributed by atoms with van der Waals surface area (Å²) in [7, 11) is 2.12. The highest BCUT2D eigenvalue weighted by molar-refractivity contribution is 5.35. The fourth-order valence-corrected chi connectivity index (χ4v) is 2.70. The van der Waals surface area contributed by atoms with Crippen molar-refractivity contribution < 1.29 is 13.5 Å². The van der Waals surface area contributed by atoms with E-state index in [1.54, 1.807) is 12.1 Å². The van der Waals surface area contributed by atoms with E-state index in [2.05, 4.69) is 22.0 Å². The largest absolute Gasteiger partial charge is 0.434 e. The second-order valence-electron chi connectivity index (χ2n) is 5.32. The van der Waals surface area contributed by atoms with E-state index in [9.17, 15) is 8.78 Å². The molecule has 112 valence electrons. The lowest BCUT2D eigenvalue weighted by Gasteiger charge is -2.23. The minimum Gasteiger partial charge on any atom is -0.434 e. The molecule has 2 atom stereocenters. The first kappa shape index (κ1) is 15.2. The van der Waals surface area contributed by atoms with Crippen molar-refractivity contribution in [2.45, 2.75) is 38.5 Å². The molecule has 1 aliphatic rings. The van der Waals surface area contributed by atoms with Gasteiger partial charge in [-0.2, -0.15) is 8.78 Å². The highest BCUT2D eigenvalue weighted by Crippen LogP contribution is 2.26. The van der Waals surface area contributed by atoms with Crippen molar-refractivity contribution in [2.24, 2.45) is 0 Å². The van der Waals surface area contributed by atoms with Crippen LogP contribution in [0.25, 0.3) is 0 Å². The van der Waals surface area contributed by atoms with Gasteiger partial charge in [0, 0.05) is 24.2 Å². The van der Waals surface area contributed by atoms with Gasteiger partial charge in [-0.15, -0.1) is 0 Å². The Morgan fingerprint density at radius 2 is 2.15 bits per heavy atom. The summed E-state index contributed by atoms with van der Waals surface area (Å²) in [5.74, 6) is 0.252. The van der Waals surface area contributed by atoms with Gasteiger partial charge in [0.15, 0.2) is 0 Å². The summed E-state index contributed by atoms with van der Waals surface area (Å²) in [4.78, 5) is 2.33. The molecule has 2 rings (SSSR count). The molecule has 1 heterocycles. The van der Waals surface area contributed by atoms with E-state index in [4.69, 9.17) is 0 Å². The van der Waals surface area contributed by atoms with Crippen LogP contribution < -0.4 is 10.1 Å². The second kappa shape index (κ2) is 6.99. The maximum atomic E-state index is 12.4. The molecule has 0 aromatic heterocycles. The maximum Gasteiger partial charge on any atom is 0.387 e. The van der Waals surface area contributed by atoms with Crippen LogP contribution in [0, 0.1) is 0 Å². The number of hydrogen-bond donors (Lipinski definition) is 1. The predicted molar refractivity (Wildman–Crippen MR) is 75.1 cm³/mol. The fourth-order valence-electron chi connectivity index (χ4n) is 2.70. The Kier molecular flexibility index (Phi) is 5.31. The zero-order valence-corrected chi connectivity index (χ0v) is 12.0. The molecule has 2 unspecified atom stereocenters. The van der Waals surface area contributed by atoms with Gasteiger partial charge < -0.3 is 15.0 Å². The highest BCUT2D eigenvalue weighted by atomic mass is 19.3. The van der Waals surface area contributed by atoms with E-state index < -0.39 is 6.61 Å². The minimum absolute atomic E-state index is 0.0149. The van der Waals surface area contributed by atoms with Gasteiger partial charge >= 0.3 is 6.61 Å². The average molecular weight is 284 g/mol. The first-order valence-corrected chi connectivity index (χ1v) is 7.05. The van der Waals surface area contributed by atoms with Crippen molar-refractivity contribution in [3.8, 4) is 5.75 Å². The van der Waals surface area contributed by atoms with Crippen molar-refractivity contribution in [2.75, 3.05) is 20.1 Å².